The van der Waals surface area contributed by atoms with Crippen molar-refractivity contribution in [1.82, 2.24) is 5.32 Å². The Hall–Kier alpha value is -1.06. The maximum Gasteiger partial charge on any atom is 0.118 e. The normalized spacial score (nSPS) is 21.6. The summed E-state index contributed by atoms with van der Waals surface area (Å²) in [4.78, 5) is 0. The average Bonchev–Trinajstić information content (AvgIpc) is 2.27. The van der Waals surface area contributed by atoms with E-state index in [1.807, 2.05) is 19.9 Å². The van der Waals surface area contributed by atoms with Crippen molar-refractivity contribution in [3.63, 3.8) is 0 Å². The molecule has 1 heterocycles. The molecule has 3 nitrogen and oxygen atoms in total. The first kappa shape index (κ1) is 10.5. The van der Waals surface area contributed by atoms with Gasteiger partial charge in [-0.3, -0.25) is 0 Å². The second kappa shape index (κ2) is 4.21. The summed E-state index contributed by atoms with van der Waals surface area (Å²) in [5, 5.41) is 12.9. The van der Waals surface area contributed by atoms with Crippen LogP contribution < -0.4 is 5.32 Å². The Morgan fingerprint density at radius 2 is 2.13 bits per heavy atom. The molecule has 0 saturated carbocycles. The molecule has 1 aromatic rings. The first-order chi connectivity index (χ1) is 7.20. The second-order valence-electron chi connectivity index (χ2n) is 3.99. The molecule has 15 heavy (non-hydrogen) atoms. The van der Waals surface area contributed by atoms with Gasteiger partial charge in [0.05, 0.1) is 12.7 Å². The summed E-state index contributed by atoms with van der Waals surface area (Å²) in [6, 6.07) is 3.70. The molecule has 1 unspecified atom stereocenters. The summed E-state index contributed by atoms with van der Waals surface area (Å²) in [6.07, 6.45) is 0.123. The third kappa shape index (κ3) is 1.98. The summed E-state index contributed by atoms with van der Waals surface area (Å²) in [7, 11) is 0. The van der Waals surface area contributed by atoms with E-state index in [0.29, 0.717) is 5.75 Å². The van der Waals surface area contributed by atoms with Crippen LogP contribution in [-0.4, -0.2) is 24.8 Å². The molecule has 1 saturated heterocycles. The lowest BCUT2D eigenvalue weighted by molar-refractivity contribution is 0.0272. The van der Waals surface area contributed by atoms with Crippen molar-refractivity contribution in [1.29, 1.82) is 0 Å². The molecular formula is C12H17NO2. The van der Waals surface area contributed by atoms with Crippen molar-refractivity contribution in [2.24, 2.45) is 0 Å². The molecule has 0 spiro atoms. The van der Waals surface area contributed by atoms with Crippen molar-refractivity contribution >= 4 is 0 Å². The summed E-state index contributed by atoms with van der Waals surface area (Å²) in [5.74, 6) is 0.361. The predicted octanol–water partition coefficient (Wildman–Crippen LogP) is 1.67. The van der Waals surface area contributed by atoms with Crippen molar-refractivity contribution in [3.05, 3.63) is 28.8 Å². The Kier molecular flexibility index (Phi) is 2.93. The van der Waals surface area contributed by atoms with Gasteiger partial charge in [-0.1, -0.05) is 6.07 Å². The Bertz CT molecular complexity index is 357. The van der Waals surface area contributed by atoms with Crippen LogP contribution in [0.5, 0.6) is 5.75 Å². The van der Waals surface area contributed by atoms with Gasteiger partial charge in [-0.15, -0.1) is 0 Å². The zero-order valence-corrected chi connectivity index (χ0v) is 9.21. The number of ether oxygens (including phenoxy) is 1. The van der Waals surface area contributed by atoms with Crippen LogP contribution in [0.25, 0.3) is 0 Å². The van der Waals surface area contributed by atoms with E-state index in [4.69, 9.17) is 4.74 Å². The minimum atomic E-state index is 0.123. The summed E-state index contributed by atoms with van der Waals surface area (Å²) in [5.41, 5.74) is 3.25. The topological polar surface area (TPSA) is 41.5 Å². The van der Waals surface area contributed by atoms with Gasteiger partial charge in [0.2, 0.25) is 0 Å². The lowest BCUT2D eigenvalue weighted by Gasteiger charge is -2.26. The molecular weight excluding hydrogens is 190 g/mol. The predicted molar refractivity (Wildman–Crippen MR) is 59.1 cm³/mol. The van der Waals surface area contributed by atoms with Gasteiger partial charge in [-0.2, -0.15) is 0 Å². The standard InChI is InChI=1S/C12H17NO2/c1-8-9(2)11(14)4-3-10(8)12-7-13-5-6-15-12/h3-4,12-14H,5-7H2,1-2H3. The fourth-order valence-electron chi connectivity index (χ4n) is 1.94. The fourth-order valence-corrected chi connectivity index (χ4v) is 1.94. The van der Waals surface area contributed by atoms with E-state index in [1.165, 1.54) is 5.56 Å². The van der Waals surface area contributed by atoms with E-state index >= 15 is 0 Å². The van der Waals surface area contributed by atoms with E-state index in [1.54, 1.807) is 6.07 Å². The van der Waals surface area contributed by atoms with Gasteiger partial charge in [0.25, 0.3) is 0 Å². The van der Waals surface area contributed by atoms with Crippen LogP contribution in [-0.2, 0) is 4.74 Å². The van der Waals surface area contributed by atoms with Crippen molar-refractivity contribution < 1.29 is 9.84 Å². The molecule has 1 aliphatic heterocycles. The molecule has 0 aliphatic carbocycles. The summed E-state index contributed by atoms with van der Waals surface area (Å²) < 4.78 is 5.70. The molecule has 1 atom stereocenters. The van der Waals surface area contributed by atoms with Crippen LogP contribution >= 0.6 is 0 Å². The molecule has 0 bridgehead atoms. The summed E-state index contributed by atoms with van der Waals surface area (Å²) in [6.45, 7) is 6.49. The van der Waals surface area contributed by atoms with Gasteiger partial charge >= 0.3 is 0 Å². The van der Waals surface area contributed by atoms with E-state index in [-0.39, 0.29) is 6.10 Å². The van der Waals surface area contributed by atoms with Gasteiger partial charge in [0, 0.05) is 13.1 Å². The average molecular weight is 207 g/mol. The number of hydrogen-bond acceptors (Lipinski definition) is 3. The molecule has 3 heteroatoms. The third-order valence-electron chi connectivity index (χ3n) is 3.07. The first-order valence-corrected chi connectivity index (χ1v) is 5.31. The zero-order valence-electron chi connectivity index (χ0n) is 9.21. The van der Waals surface area contributed by atoms with E-state index in [9.17, 15) is 5.11 Å². The van der Waals surface area contributed by atoms with Gasteiger partial charge in [0.15, 0.2) is 0 Å². The third-order valence-corrected chi connectivity index (χ3v) is 3.07. The minimum absolute atomic E-state index is 0.123. The van der Waals surface area contributed by atoms with Crippen LogP contribution in [0.4, 0.5) is 0 Å². The van der Waals surface area contributed by atoms with Crippen molar-refractivity contribution in [3.8, 4) is 5.75 Å². The lowest BCUT2D eigenvalue weighted by atomic mass is 9.98. The maximum absolute atomic E-state index is 9.57. The van der Waals surface area contributed by atoms with Gasteiger partial charge in [0.1, 0.15) is 5.75 Å². The Morgan fingerprint density at radius 3 is 2.80 bits per heavy atom. The van der Waals surface area contributed by atoms with Crippen LogP contribution in [0.2, 0.25) is 0 Å². The highest BCUT2D eigenvalue weighted by Crippen LogP contribution is 2.29. The monoisotopic (exact) mass is 207 g/mol. The number of aromatic hydroxyl groups is 1. The van der Waals surface area contributed by atoms with E-state index in [0.717, 1.165) is 30.8 Å². The van der Waals surface area contributed by atoms with Crippen LogP contribution in [0.15, 0.2) is 12.1 Å². The maximum atomic E-state index is 9.57. The molecule has 1 aliphatic rings. The highest BCUT2D eigenvalue weighted by molar-refractivity contribution is 5.43. The van der Waals surface area contributed by atoms with Gasteiger partial charge < -0.3 is 15.2 Å². The van der Waals surface area contributed by atoms with E-state index in [2.05, 4.69) is 5.32 Å². The smallest absolute Gasteiger partial charge is 0.118 e. The summed E-state index contributed by atoms with van der Waals surface area (Å²) >= 11 is 0. The van der Waals surface area contributed by atoms with Gasteiger partial charge in [-0.25, -0.2) is 0 Å². The van der Waals surface area contributed by atoms with Crippen molar-refractivity contribution in [2.75, 3.05) is 19.7 Å². The highest BCUT2D eigenvalue weighted by Gasteiger charge is 2.18. The number of rotatable bonds is 1. The number of phenolic OH excluding ortho intramolecular Hbond substituents is 1. The Balaban J connectivity index is 2.31. The fraction of sp³-hybridized carbons (Fsp3) is 0.500. The van der Waals surface area contributed by atoms with Crippen LogP contribution in [0.1, 0.15) is 22.8 Å². The van der Waals surface area contributed by atoms with E-state index < -0.39 is 0 Å². The molecule has 0 radical (unpaired) electrons. The molecule has 1 aromatic carbocycles. The molecule has 1 fully saturated rings. The number of nitrogens with one attached hydrogen (secondary N) is 1. The molecule has 0 aromatic heterocycles. The molecule has 2 rings (SSSR count). The Labute approximate surface area is 90.1 Å². The quantitative estimate of drug-likeness (QED) is 0.736. The first-order valence-electron chi connectivity index (χ1n) is 5.31. The van der Waals surface area contributed by atoms with Crippen LogP contribution in [0.3, 0.4) is 0 Å². The number of phenols is 1. The van der Waals surface area contributed by atoms with Crippen molar-refractivity contribution in [2.45, 2.75) is 20.0 Å². The largest absolute Gasteiger partial charge is 0.508 e. The molecule has 2 N–H and O–H groups in total. The highest BCUT2D eigenvalue weighted by atomic mass is 16.5. The van der Waals surface area contributed by atoms with Gasteiger partial charge in [-0.05, 0) is 36.6 Å². The SMILES string of the molecule is Cc1c(O)ccc(C2CNCCO2)c1C. The second-order valence-corrected chi connectivity index (χ2v) is 3.99. The van der Waals surface area contributed by atoms with Crippen LogP contribution in [0, 0.1) is 13.8 Å². The lowest BCUT2D eigenvalue weighted by Crippen LogP contribution is -2.33. The number of benzene rings is 1. The minimum Gasteiger partial charge on any atom is -0.508 e. The Morgan fingerprint density at radius 1 is 1.33 bits per heavy atom. The number of hydrogen-bond donors (Lipinski definition) is 2. The molecule has 82 valence electrons. The zero-order chi connectivity index (χ0) is 10.8. The molecule has 0 amide bonds. The number of morpholine rings is 1.